The minimum atomic E-state index is 0.132. The maximum absolute atomic E-state index is 12.5. The zero-order valence-electron chi connectivity index (χ0n) is 13.1. The lowest BCUT2D eigenvalue weighted by molar-refractivity contribution is 0.0707. The van der Waals surface area contributed by atoms with Gasteiger partial charge < -0.3 is 10.2 Å². The quantitative estimate of drug-likeness (QED) is 0.899. The average Bonchev–Trinajstić information content (AvgIpc) is 2.46. The molecule has 1 aromatic carbocycles. The van der Waals surface area contributed by atoms with Gasteiger partial charge in [0.2, 0.25) is 0 Å². The topological polar surface area (TPSA) is 32.3 Å². The van der Waals surface area contributed by atoms with E-state index in [-0.39, 0.29) is 11.3 Å². The van der Waals surface area contributed by atoms with E-state index in [9.17, 15) is 4.79 Å². The standard InChI is InChI=1S/C17H26N2O/c1-17(2,3)14-7-5-13(6-8-14)16(20)19-11-9-15(18-4)10-12-19/h5-8,15,18H,9-12H2,1-4H3. The second kappa shape index (κ2) is 5.96. The van der Waals surface area contributed by atoms with E-state index >= 15 is 0 Å². The first kappa shape index (κ1) is 15.0. The Morgan fingerprint density at radius 1 is 1.15 bits per heavy atom. The van der Waals surface area contributed by atoms with Crippen LogP contribution in [0, 0.1) is 0 Å². The Labute approximate surface area is 122 Å². The molecule has 1 aromatic rings. The number of rotatable bonds is 2. The number of likely N-dealkylation sites (tertiary alicyclic amines) is 1. The molecule has 0 radical (unpaired) electrons. The average molecular weight is 274 g/mol. The Hall–Kier alpha value is -1.35. The van der Waals surface area contributed by atoms with E-state index in [2.05, 4.69) is 38.2 Å². The van der Waals surface area contributed by atoms with Crippen LogP contribution in [-0.2, 0) is 5.41 Å². The molecule has 1 aliphatic heterocycles. The van der Waals surface area contributed by atoms with Crippen LogP contribution in [0.1, 0.15) is 49.5 Å². The summed E-state index contributed by atoms with van der Waals surface area (Å²) in [5.41, 5.74) is 2.20. The molecule has 1 aliphatic rings. The number of carbonyl (C=O) groups is 1. The first-order valence-corrected chi connectivity index (χ1v) is 7.49. The van der Waals surface area contributed by atoms with E-state index in [1.54, 1.807) is 0 Å². The molecule has 3 heteroatoms. The van der Waals surface area contributed by atoms with Gasteiger partial charge in [0.1, 0.15) is 0 Å². The van der Waals surface area contributed by atoms with Crippen LogP contribution in [0.2, 0.25) is 0 Å². The fourth-order valence-electron chi connectivity index (χ4n) is 2.67. The van der Waals surface area contributed by atoms with Gasteiger partial charge in [-0.1, -0.05) is 32.9 Å². The highest BCUT2D eigenvalue weighted by atomic mass is 16.2. The predicted molar refractivity (Wildman–Crippen MR) is 83.1 cm³/mol. The molecule has 0 bridgehead atoms. The van der Waals surface area contributed by atoms with Gasteiger partial charge in [-0.2, -0.15) is 0 Å². The van der Waals surface area contributed by atoms with Crippen LogP contribution in [0.15, 0.2) is 24.3 Å². The minimum Gasteiger partial charge on any atom is -0.339 e. The van der Waals surface area contributed by atoms with Crippen molar-refractivity contribution in [2.75, 3.05) is 20.1 Å². The molecule has 1 fully saturated rings. The SMILES string of the molecule is CNC1CCN(C(=O)c2ccc(C(C)(C)C)cc2)CC1. The van der Waals surface area contributed by atoms with Gasteiger partial charge in [0.15, 0.2) is 0 Å². The molecule has 1 amide bonds. The number of benzene rings is 1. The molecule has 0 unspecified atom stereocenters. The van der Waals surface area contributed by atoms with Crippen molar-refractivity contribution in [1.82, 2.24) is 10.2 Å². The fourth-order valence-corrected chi connectivity index (χ4v) is 2.67. The summed E-state index contributed by atoms with van der Waals surface area (Å²) in [6.45, 7) is 8.27. The van der Waals surface area contributed by atoms with Gasteiger partial charge >= 0.3 is 0 Å². The highest BCUT2D eigenvalue weighted by molar-refractivity contribution is 5.94. The largest absolute Gasteiger partial charge is 0.339 e. The van der Waals surface area contributed by atoms with Gasteiger partial charge in [0.05, 0.1) is 0 Å². The van der Waals surface area contributed by atoms with Crippen LogP contribution < -0.4 is 5.32 Å². The van der Waals surface area contributed by atoms with Crippen molar-refractivity contribution in [3.05, 3.63) is 35.4 Å². The van der Waals surface area contributed by atoms with Crippen molar-refractivity contribution < 1.29 is 4.79 Å². The number of hydrogen-bond donors (Lipinski definition) is 1. The van der Waals surface area contributed by atoms with Crippen molar-refractivity contribution in [1.29, 1.82) is 0 Å². The number of hydrogen-bond acceptors (Lipinski definition) is 2. The normalized spacial score (nSPS) is 17.3. The van der Waals surface area contributed by atoms with Gasteiger partial charge in [-0.05, 0) is 43.0 Å². The fraction of sp³-hybridized carbons (Fsp3) is 0.588. The molecule has 3 nitrogen and oxygen atoms in total. The lowest BCUT2D eigenvalue weighted by Crippen LogP contribution is -2.43. The van der Waals surface area contributed by atoms with Gasteiger partial charge in [-0.25, -0.2) is 0 Å². The second-order valence-corrected chi connectivity index (χ2v) is 6.68. The van der Waals surface area contributed by atoms with Crippen molar-refractivity contribution in [3.8, 4) is 0 Å². The summed E-state index contributed by atoms with van der Waals surface area (Å²) in [5, 5.41) is 3.29. The molecular formula is C17H26N2O. The minimum absolute atomic E-state index is 0.132. The Bertz CT molecular complexity index is 451. The van der Waals surface area contributed by atoms with E-state index in [1.165, 1.54) is 5.56 Å². The molecule has 20 heavy (non-hydrogen) atoms. The second-order valence-electron chi connectivity index (χ2n) is 6.68. The van der Waals surface area contributed by atoms with Crippen LogP contribution in [0.25, 0.3) is 0 Å². The monoisotopic (exact) mass is 274 g/mol. The summed E-state index contributed by atoms with van der Waals surface area (Å²) in [4.78, 5) is 14.4. The van der Waals surface area contributed by atoms with Crippen molar-refractivity contribution in [3.63, 3.8) is 0 Å². The Balaban J connectivity index is 2.03. The molecular weight excluding hydrogens is 248 g/mol. The van der Waals surface area contributed by atoms with Crippen LogP contribution in [0.3, 0.4) is 0 Å². The molecule has 0 aliphatic carbocycles. The molecule has 1 saturated heterocycles. The Morgan fingerprint density at radius 2 is 1.70 bits per heavy atom. The van der Waals surface area contributed by atoms with Crippen LogP contribution >= 0.6 is 0 Å². The number of carbonyl (C=O) groups excluding carboxylic acids is 1. The highest BCUT2D eigenvalue weighted by Crippen LogP contribution is 2.23. The number of nitrogens with zero attached hydrogens (tertiary/aromatic N) is 1. The van der Waals surface area contributed by atoms with Gasteiger partial charge in [-0.3, -0.25) is 4.79 Å². The first-order valence-electron chi connectivity index (χ1n) is 7.49. The van der Waals surface area contributed by atoms with Crippen LogP contribution in [-0.4, -0.2) is 37.0 Å². The summed E-state index contributed by atoms with van der Waals surface area (Å²) < 4.78 is 0. The molecule has 1 N–H and O–H groups in total. The molecule has 110 valence electrons. The number of nitrogens with one attached hydrogen (secondary N) is 1. The lowest BCUT2D eigenvalue weighted by Gasteiger charge is -2.32. The predicted octanol–water partition coefficient (Wildman–Crippen LogP) is 2.81. The van der Waals surface area contributed by atoms with E-state index in [0.29, 0.717) is 6.04 Å². The van der Waals surface area contributed by atoms with Gasteiger partial charge in [0.25, 0.3) is 5.91 Å². The zero-order valence-corrected chi connectivity index (χ0v) is 13.1. The molecule has 0 aromatic heterocycles. The summed E-state index contributed by atoms with van der Waals surface area (Å²) in [6, 6.07) is 8.64. The van der Waals surface area contributed by atoms with Gasteiger partial charge in [-0.15, -0.1) is 0 Å². The molecule has 0 saturated carbocycles. The third-order valence-corrected chi connectivity index (χ3v) is 4.19. The Kier molecular flexibility index (Phi) is 4.48. The summed E-state index contributed by atoms with van der Waals surface area (Å²) in [6.07, 6.45) is 2.09. The van der Waals surface area contributed by atoms with Crippen LogP contribution in [0.4, 0.5) is 0 Å². The van der Waals surface area contributed by atoms with E-state index in [4.69, 9.17) is 0 Å². The smallest absolute Gasteiger partial charge is 0.253 e. The maximum Gasteiger partial charge on any atom is 0.253 e. The molecule has 2 rings (SSSR count). The lowest BCUT2D eigenvalue weighted by atomic mass is 9.86. The van der Waals surface area contributed by atoms with E-state index in [0.717, 1.165) is 31.5 Å². The molecule has 1 heterocycles. The number of amides is 1. The first-order chi connectivity index (χ1) is 9.41. The van der Waals surface area contributed by atoms with Crippen LogP contribution in [0.5, 0.6) is 0 Å². The van der Waals surface area contributed by atoms with E-state index < -0.39 is 0 Å². The van der Waals surface area contributed by atoms with Crippen molar-refractivity contribution in [2.24, 2.45) is 0 Å². The molecule has 0 atom stereocenters. The third kappa shape index (κ3) is 3.40. The number of piperidine rings is 1. The van der Waals surface area contributed by atoms with Crippen molar-refractivity contribution >= 4 is 5.91 Å². The van der Waals surface area contributed by atoms with Gasteiger partial charge in [0, 0.05) is 24.7 Å². The molecule has 0 spiro atoms. The highest BCUT2D eigenvalue weighted by Gasteiger charge is 2.23. The zero-order chi connectivity index (χ0) is 14.8. The van der Waals surface area contributed by atoms with E-state index in [1.807, 2.05) is 24.1 Å². The van der Waals surface area contributed by atoms with Crippen molar-refractivity contribution in [2.45, 2.75) is 45.1 Å². The summed E-state index contributed by atoms with van der Waals surface area (Å²) in [5.74, 6) is 0.167. The Morgan fingerprint density at radius 3 is 2.15 bits per heavy atom. The summed E-state index contributed by atoms with van der Waals surface area (Å²) in [7, 11) is 1.99. The maximum atomic E-state index is 12.5. The third-order valence-electron chi connectivity index (χ3n) is 4.19. The summed E-state index contributed by atoms with van der Waals surface area (Å²) >= 11 is 0.